The van der Waals surface area contributed by atoms with Gasteiger partial charge in [-0.3, -0.25) is 4.79 Å². The number of hydrogen-bond donors (Lipinski definition) is 1. The molecule has 2 aromatic carbocycles. The molecule has 0 aliphatic carbocycles. The molecule has 3 aromatic rings. The standard InChI is InChI=1S/C19H19N3O5/c1-25-13-7-12(8-14(9-13)26-2)21-17(23)10-22-11-20-16-6-4-5-15(18(16)22)19(24)27-3/h4-9,11H,10H2,1-3H3,(H,21,23). The van der Waals surface area contributed by atoms with E-state index in [2.05, 4.69) is 10.3 Å². The van der Waals surface area contributed by atoms with Crippen LogP contribution in [0.1, 0.15) is 10.4 Å². The average molecular weight is 369 g/mol. The third-order valence-corrected chi connectivity index (χ3v) is 3.99. The summed E-state index contributed by atoms with van der Waals surface area (Å²) in [5.74, 6) is 0.348. The zero-order valence-corrected chi connectivity index (χ0v) is 15.2. The predicted octanol–water partition coefficient (Wildman–Crippen LogP) is 2.48. The maximum absolute atomic E-state index is 12.5. The first-order valence-corrected chi connectivity index (χ1v) is 8.10. The summed E-state index contributed by atoms with van der Waals surface area (Å²) < 4.78 is 16.8. The number of nitrogens with zero attached hydrogens (tertiary/aromatic N) is 2. The Hall–Kier alpha value is -3.55. The summed E-state index contributed by atoms with van der Waals surface area (Å²) in [6.45, 7) is -0.0238. The number of hydrogen-bond acceptors (Lipinski definition) is 6. The van der Waals surface area contributed by atoms with Crippen LogP contribution < -0.4 is 14.8 Å². The molecule has 0 fully saturated rings. The van der Waals surface area contributed by atoms with Crippen LogP contribution in [-0.2, 0) is 16.1 Å². The van der Waals surface area contributed by atoms with E-state index in [4.69, 9.17) is 14.2 Å². The molecule has 0 saturated heterocycles. The zero-order valence-electron chi connectivity index (χ0n) is 15.2. The van der Waals surface area contributed by atoms with Crippen LogP contribution >= 0.6 is 0 Å². The Labute approximate surface area is 155 Å². The van der Waals surface area contributed by atoms with Crippen LogP contribution in [0, 0.1) is 0 Å². The van der Waals surface area contributed by atoms with Gasteiger partial charge in [0.1, 0.15) is 18.0 Å². The number of carbonyl (C=O) groups excluding carboxylic acids is 2. The number of aromatic nitrogens is 2. The van der Waals surface area contributed by atoms with E-state index < -0.39 is 5.97 Å². The summed E-state index contributed by atoms with van der Waals surface area (Å²) in [4.78, 5) is 28.8. The SMILES string of the molecule is COC(=O)c1cccc2ncn(CC(=O)Nc3cc(OC)cc(OC)c3)c12. The molecule has 27 heavy (non-hydrogen) atoms. The fourth-order valence-corrected chi connectivity index (χ4v) is 2.76. The first-order chi connectivity index (χ1) is 13.0. The number of rotatable bonds is 6. The third-order valence-electron chi connectivity index (χ3n) is 3.99. The minimum atomic E-state index is -0.486. The lowest BCUT2D eigenvalue weighted by Gasteiger charge is -2.11. The Kier molecular flexibility index (Phi) is 5.25. The Bertz CT molecular complexity index is 974. The fourth-order valence-electron chi connectivity index (χ4n) is 2.76. The second-order valence-corrected chi connectivity index (χ2v) is 5.69. The van der Waals surface area contributed by atoms with Gasteiger partial charge in [-0.1, -0.05) is 6.07 Å². The number of para-hydroxylation sites is 1. The van der Waals surface area contributed by atoms with Crippen LogP contribution in [0.25, 0.3) is 11.0 Å². The monoisotopic (exact) mass is 369 g/mol. The largest absolute Gasteiger partial charge is 0.497 e. The minimum Gasteiger partial charge on any atom is -0.497 e. The predicted molar refractivity (Wildman–Crippen MR) is 99.2 cm³/mol. The van der Waals surface area contributed by atoms with Crippen molar-refractivity contribution in [3.8, 4) is 11.5 Å². The third kappa shape index (κ3) is 3.84. The molecule has 8 nitrogen and oxygen atoms in total. The van der Waals surface area contributed by atoms with E-state index in [9.17, 15) is 9.59 Å². The quantitative estimate of drug-likeness (QED) is 0.671. The lowest BCUT2D eigenvalue weighted by Crippen LogP contribution is -2.19. The molecule has 8 heteroatoms. The van der Waals surface area contributed by atoms with E-state index in [-0.39, 0.29) is 12.5 Å². The number of carbonyl (C=O) groups is 2. The van der Waals surface area contributed by atoms with Gasteiger partial charge in [0.05, 0.1) is 44.3 Å². The Morgan fingerprint density at radius 3 is 2.41 bits per heavy atom. The van der Waals surface area contributed by atoms with Crippen LogP contribution in [0.4, 0.5) is 5.69 Å². The molecule has 0 radical (unpaired) electrons. The van der Waals surface area contributed by atoms with Crippen molar-refractivity contribution in [2.75, 3.05) is 26.6 Å². The van der Waals surface area contributed by atoms with Gasteiger partial charge in [0.15, 0.2) is 0 Å². The molecule has 0 bridgehead atoms. The van der Waals surface area contributed by atoms with Crippen molar-refractivity contribution in [1.29, 1.82) is 0 Å². The van der Waals surface area contributed by atoms with E-state index in [1.165, 1.54) is 27.7 Å². The molecular weight excluding hydrogens is 350 g/mol. The Morgan fingerprint density at radius 2 is 1.78 bits per heavy atom. The van der Waals surface area contributed by atoms with Crippen molar-refractivity contribution < 1.29 is 23.8 Å². The van der Waals surface area contributed by atoms with Gasteiger partial charge in [-0.05, 0) is 12.1 Å². The van der Waals surface area contributed by atoms with E-state index in [0.717, 1.165) is 0 Å². The number of ether oxygens (including phenoxy) is 3. The average Bonchev–Trinajstić information content (AvgIpc) is 3.09. The van der Waals surface area contributed by atoms with Gasteiger partial charge >= 0.3 is 5.97 Å². The van der Waals surface area contributed by atoms with Crippen molar-refractivity contribution in [2.24, 2.45) is 0 Å². The minimum absolute atomic E-state index is 0.0238. The fraction of sp³-hybridized carbons (Fsp3) is 0.211. The molecule has 0 atom stereocenters. The van der Waals surface area contributed by atoms with Crippen molar-refractivity contribution in [1.82, 2.24) is 9.55 Å². The summed E-state index contributed by atoms with van der Waals surface area (Å²) in [5.41, 5.74) is 2.04. The number of esters is 1. The zero-order chi connectivity index (χ0) is 19.4. The van der Waals surface area contributed by atoms with Gasteiger partial charge in [-0.25, -0.2) is 9.78 Å². The Morgan fingerprint density at radius 1 is 1.07 bits per heavy atom. The summed E-state index contributed by atoms with van der Waals surface area (Å²) in [6, 6.07) is 10.2. The van der Waals surface area contributed by atoms with E-state index in [0.29, 0.717) is 33.8 Å². The molecule has 0 aliphatic heterocycles. The van der Waals surface area contributed by atoms with Gasteiger partial charge in [0.25, 0.3) is 0 Å². The summed E-state index contributed by atoms with van der Waals surface area (Å²) >= 11 is 0. The maximum Gasteiger partial charge on any atom is 0.340 e. The molecule has 3 rings (SSSR count). The lowest BCUT2D eigenvalue weighted by atomic mass is 10.2. The summed E-state index contributed by atoms with van der Waals surface area (Å²) in [7, 11) is 4.38. The smallest absolute Gasteiger partial charge is 0.340 e. The highest BCUT2D eigenvalue weighted by Gasteiger charge is 2.16. The van der Waals surface area contributed by atoms with Crippen LogP contribution in [0.15, 0.2) is 42.7 Å². The van der Waals surface area contributed by atoms with Crippen molar-refractivity contribution >= 4 is 28.6 Å². The first-order valence-electron chi connectivity index (χ1n) is 8.10. The topological polar surface area (TPSA) is 91.7 Å². The highest BCUT2D eigenvalue weighted by Crippen LogP contribution is 2.26. The first kappa shape index (κ1) is 18.2. The molecule has 1 heterocycles. The lowest BCUT2D eigenvalue weighted by molar-refractivity contribution is -0.116. The van der Waals surface area contributed by atoms with E-state index in [1.54, 1.807) is 41.0 Å². The van der Waals surface area contributed by atoms with Gasteiger partial charge < -0.3 is 24.1 Å². The second kappa shape index (κ2) is 7.77. The summed E-state index contributed by atoms with van der Waals surface area (Å²) in [6.07, 6.45) is 1.52. The van der Waals surface area contributed by atoms with E-state index in [1.807, 2.05) is 0 Å². The molecule has 140 valence electrons. The van der Waals surface area contributed by atoms with Crippen molar-refractivity contribution in [2.45, 2.75) is 6.54 Å². The molecule has 1 amide bonds. The summed E-state index contributed by atoms with van der Waals surface area (Å²) in [5, 5.41) is 2.79. The van der Waals surface area contributed by atoms with Gasteiger partial charge in [-0.15, -0.1) is 0 Å². The van der Waals surface area contributed by atoms with Crippen LogP contribution in [-0.4, -0.2) is 42.8 Å². The number of amides is 1. The number of anilines is 1. The number of fused-ring (bicyclic) bond motifs is 1. The van der Waals surface area contributed by atoms with Crippen LogP contribution in [0.2, 0.25) is 0 Å². The highest BCUT2D eigenvalue weighted by atomic mass is 16.5. The van der Waals surface area contributed by atoms with Crippen molar-refractivity contribution in [3.63, 3.8) is 0 Å². The number of imidazole rings is 1. The molecule has 1 aromatic heterocycles. The number of methoxy groups -OCH3 is 3. The van der Waals surface area contributed by atoms with Crippen LogP contribution in [0.3, 0.4) is 0 Å². The molecule has 0 unspecified atom stereocenters. The van der Waals surface area contributed by atoms with Crippen molar-refractivity contribution in [3.05, 3.63) is 48.3 Å². The molecule has 1 N–H and O–H groups in total. The number of benzene rings is 2. The molecule has 0 aliphatic rings. The Balaban J connectivity index is 1.86. The molecular formula is C19H19N3O5. The maximum atomic E-state index is 12.5. The van der Waals surface area contributed by atoms with Gasteiger partial charge in [0.2, 0.25) is 5.91 Å². The normalized spacial score (nSPS) is 10.5. The van der Waals surface area contributed by atoms with Crippen LogP contribution in [0.5, 0.6) is 11.5 Å². The molecule has 0 spiro atoms. The van der Waals surface area contributed by atoms with Gasteiger partial charge in [0, 0.05) is 23.9 Å². The van der Waals surface area contributed by atoms with E-state index >= 15 is 0 Å². The molecule has 0 saturated carbocycles. The second-order valence-electron chi connectivity index (χ2n) is 5.69. The number of nitrogens with one attached hydrogen (secondary N) is 1. The highest BCUT2D eigenvalue weighted by molar-refractivity contribution is 6.02. The van der Waals surface area contributed by atoms with Gasteiger partial charge in [-0.2, -0.15) is 0 Å².